The van der Waals surface area contributed by atoms with Crippen molar-refractivity contribution in [3.8, 4) is 0 Å². The number of nitrogens with zero attached hydrogens (tertiary/aromatic N) is 1. The Labute approximate surface area is 123 Å². The molecule has 6 heteroatoms. The van der Waals surface area contributed by atoms with E-state index in [2.05, 4.69) is 31.2 Å². The summed E-state index contributed by atoms with van der Waals surface area (Å²) in [7, 11) is 0. The lowest BCUT2D eigenvalue weighted by atomic mass is 10.2. The van der Waals surface area contributed by atoms with Crippen LogP contribution in [0.15, 0.2) is 50.3 Å². The summed E-state index contributed by atoms with van der Waals surface area (Å²) in [4.78, 5) is 19.0. The first kappa shape index (κ1) is 12.9. The van der Waals surface area contributed by atoms with Gasteiger partial charge in [-0.2, -0.15) is 0 Å². The van der Waals surface area contributed by atoms with Crippen LogP contribution in [0.3, 0.4) is 0 Å². The molecule has 0 aliphatic rings. The Morgan fingerprint density at radius 1 is 1.25 bits per heavy atom. The first-order valence-corrected chi connectivity index (χ1v) is 6.99. The molecule has 0 fully saturated rings. The molecule has 0 aliphatic heterocycles. The van der Waals surface area contributed by atoms with Gasteiger partial charge in [0, 0.05) is 13.0 Å². The zero-order valence-corrected chi connectivity index (χ0v) is 12.1. The number of hydrogen-bond donors (Lipinski definition) is 2. The van der Waals surface area contributed by atoms with Crippen LogP contribution in [0.2, 0.25) is 0 Å². The Morgan fingerprint density at radius 2 is 2.10 bits per heavy atom. The second-order valence-corrected chi connectivity index (χ2v) is 5.10. The summed E-state index contributed by atoms with van der Waals surface area (Å²) in [5, 5.41) is 3.68. The van der Waals surface area contributed by atoms with Crippen LogP contribution in [0.4, 0.5) is 5.95 Å². The molecule has 0 amide bonds. The average Bonchev–Trinajstić information content (AvgIpc) is 2.85. The van der Waals surface area contributed by atoms with Crippen molar-refractivity contribution in [2.75, 3.05) is 11.9 Å². The van der Waals surface area contributed by atoms with E-state index in [0.717, 1.165) is 5.76 Å². The van der Waals surface area contributed by atoms with Gasteiger partial charge in [0.2, 0.25) is 5.95 Å². The summed E-state index contributed by atoms with van der Waals surface area (Å²) >= 11 is 3.26. The second kappa shape index (κ2) is 5.50. The Hall–Kier alpha value is -2.08. The van der Waals surface area contributed by atoms with E-state index in [1.165, 1.54) is 0 Å². The number of H-pyrrole nitrogens is 1. The fraction of sp³-hybridized carbons (Fsp3) is 0.143. The fourth-order valence-corrected chi connectivity index (χ4v) is 2.30. The SMILES string of the molecule is O=c1[nH]c(NCCc2ccc(Br)o2)nc2ccccc12. The molecule has 1 aromatic carbocycles. The molecule has 0 saturated carbocycles. The Bertz CT molecular complexity index is 794. The number of fused-ring (bicyclic) bond motifs is 1. The molecular formula is C14H12BrN3O2. The van der Waals surface area contributed by atoms with Crippen LogP contribution in [0, 0.1) is 0 Å². The van der Waals surface area contributed by atoms with Crippen molar-refractivity contribution in [2.45, 2.75) is 6.42 Å². The van der Waals surface area contributed by atoms with Gasteiger partial charge >= 0.3 is 0 Å². The van der Waals surface area contributed by atoms with Crippen molar-refractivity contribution in [3.05, 3.63) is 57.2 Å². The van der Waals surface area contributed by atoms with E-state index < -0.39 is 0 Å². The van der Waals surface area contributed by atoms with Crippen molar-refractivity contribution in [1.29, 1.82) is 0 Å². The Balaban J connectivity index is 1.73. The lowest BCUT2D eigenvalue weighted by Gasteiger charge is -2.05. The molecule has 0 saturated heterocycles. The van der Waals surface area contributed by atoms with E-state index in [0.29, 0.717) is 34.5 Å². The van der Waals surface area contributed by atoms with E-state index in [1.807, 2.05) is 30.3 Å². The zero-order valence-electron chi connectivity index (χ0n) is 10.5. The second-order valence-electron chi connectivity index (χ2n) is 4.31. The van der Waals surface area contributed by atoms with Crippen LogP contribution < -0.4 is 10.9 Å². The summed E-state index contributed by atoms with van der Waals surface area (Å²) in [5.74, 6) is 1.34. The lowest BCUT2D eigenvalue weighted by Crippen LogP contribution is -2.14. The lowest BCUT2D eigenvalue weighted by molar-refractivity contribution is 0.491. The standard InChI is InChI=1S/C14H12BrN3O2/c15-12-6-5-9(20-12)7-8-16-14-17-11-4-2-1-3-10(11)13(19)18-14/h1-6H,7-8H2,(H2,16,17,18,19). The smallest absolute Gasteiger partial charge is 0.260 e. The van der Waals surface area contributed by atoms with Crippen LogP contribution >= 0.6 is 15.9 Å². The van der Waals surface area contributed by atoms with Gasteiger partial charge in [-0.1, -0.05) is 12.1 Å². The number of nitrogens with one attached hydrogen (secondary N) is 2. The largest absolute Gasteiger partial charge is 0.454 e. The molecule has 2 N–H and O–H groups in total. The normalized spacial score (nSPS) is 10.8. The molecule has 2 heterocycles. The molecule has 2 aromatic heterocycles. The molecule has 0 atom stereocenters. The van der Waals surface area contributed by atoms with Gasteiger partial charge in [-0.3, -0.25) is 9.78 Å². The third kappa shape index (κ3) is 2.75. The predicted molar refractivity (Wildman–Crippen MR) is 81.0 cm³/mol. The number of aromatic nitrogens is 2. The van der Waals surface area contributed by atoms with Gasteiger partial charge in [-0.25, -0.2) is 4.98 Å². The third-order valence-electron chi connectivity index (χ3n) is 2.91. The molecule has 5 nitrogen and oxygen atoms in total. The number of rotatable bonds is 4. The van der Waals surface area contributed by atoms with Crippen molar-refractivity contribution in [3.63, 3.8) is 0 Å². The van der Waals surface area contributed by atoms with E-state index in [1.54, 1.807) is 6.07 Å². The van der Waals surface area contributed by atoms with Crippen molar-refractivity contribution in [1.82, 2.24) is 9.97 Å². The minimum atomic E-state index is -0.140. The molecule has 102 valence electrons. The maximum Gasteiger partial charge on any atom is 0.260 e. The molecular weight excluding hydrogens is 322 g/mol. The molecule has 0 spiro atoms. The number of aromatic amines is 1. The third-order valence-corrected chi connectivity index (χ3v) is 3.33. The predicted octanol–water partition coefficient (Wildman–Crippen LogP) is 2.93. The van der Waals surface area contributed by atoms with Gasteiger partial charge in [0.1, 0.15) is 5.76 Å². The molecule has 3 rings (SSSR count). The molecule has 20 heavy (non-hydrogen) atoms. The topological polar surface area (TPSA) is 70.9 Å². The van der Waals surface area contributed by atoms with E-state index in [-0.39, 0.29) is 5.56 Å². The molecule has 0 aliphatic carbocycles. The van der Waals surface area contributed by atoms with Crippen LogP contribution in [0.25, 0.3) is 10.9 Å². The minimum Gasteiger partial charge on any atom is -0.454 e. The number of furan rings is 1. The van der Waals surface area contributed by atoms with Crippen molar-refractivity contribution < 1.29 is 4.42 Å². The first-order chi connectivity index (χ1) is 9.72. The van der Waals surface area contributed by atoms with Crippen LogP contribution in [0.1, 0.15) is 5.76 Å². The number of anilines is 1. The van der Waals surface area contributed by atoms with E-state index in [9.17, 15) is 4.79 Å². The summed E-state index contributed by atoms with van der Waals surface area (Å²) < 4.78 is 6.11. The minimum absolute atomic E-state index is 0.140. The van der Waals surface area contributed by atoms with Crippen LogP contribution in [-0.2, 0) is 6.42 Å². The zero-order chi connectivity index (χ0) is 13.9. The van der Waals surface area contributed by atoms with Gasteiger partial charge in [-0.05, 0) is 40.2 Å². The first-order valence-electron chi connectivity index (χ1n) is 6.19. The highest BCUT2D eigenvalue weighted by Crippen LogP contribution is 2.14. The average molecular weight is 334 g/mol. The monoisotopic (exact) mass is 333 g/mol. The summed E-state index contributed by atoms with van der Waals surface area (Å²) in [6.45, 7) is 0.626. The number of hydrogen-bond acceptors (Lipinski definition) is 4. The molecule has 3 aromatic rings. The van der Waals surface area contributed by atoms with Gasteiger partial charge in [0.15, 0.2) is 4.67 Å². The van der Waals surface area contributed by atoms with Gasteiger partial charge in [0.25, 0.3) is 5.56 Å². The highest BCUT2D eigenvalue weighted by molar-refractivity contribution is 9.10. The summed E-state index contributed by atoms with van der Waals surface area (Å²) in [6, 6.07) is 11.0. The molecule has 0 unspecified atom stereocenters. The molecule has 0 radical (unpaired) electrons. The maximum atomic E-state index is 11.9. The van der Waals surface area contributed by atoms with Crippen molar-refractivity contribution >= 4 is 32.8 Å². The quantitative estimate of drug-likeness (QED) is 0.770. The number of halogens is 1. The van der Waals surface area contributed by atoms with E-state index >= 15 is 0 Å². The highest BCUT2D eigenvalue weighted by Gasteiger charge is 2.03. The van der Waals surface area contributed by atoms with Gasteiger partial charge in [0.05, 0.1) is 10.9 Å². The summed E-state index contributed by atoms with van der Waals surface area (Å²) in [6.07, 6.45) is 0.710. The number of benzene rings is 1. The van der Waals surface area contributed by atoms with Crippen LogP contribution in [-0.4, -0.2) is 16.5 Å². The van der Waals surface area contributed by atoms with Crippen LogP contribution in [0.5, 0.6) is 0 Å². The Kier molecular flexibility index (Phi) is 3.56. The highest BCUT2D eigenvalue weighted by atomic mass is 79.9. The number of para-hydroxylation sites is 1. The molecule has 0 bridgehead atoms. The van der Waals surface area contributed by atoms with E-state index in [4.69, 9.17) is 4.42 Å². The van der Waals surface area contributed by atoms with Crippen molar-refractivity contribution in [2.24, 2.45) is 0 Å². The summed E-state index contributed by atoms with van der Waals surface area (Å²) in [5.41, 5.74) is 0.540. The maximum absolute atomic E-state index is 11.9. The van der Waals surface area contributed by atoms with Gasteiger partial charge < -0.3 is 9.73 Å². The fourth-order valence-electron chi connectivity index (χ4n) is 1.96. The van der Waals surface area contributed by atoms with Gasteiger partial charge in [-0.15, -0.1) is 0 Å². The Morgan fingerprint density at radius 3 is 2.90 bits per heavy atom.